The lowest BCUT2D eigenvalue weighted by Gasteiger charge is -2.06. The lowest BCUT2D eigenvalue weighted by Crippen LogP contribution is -1.97. The summed E-state index contributed by atoms with van der Waals surface area (Å²) < 4.78 is 5.46. The number of pyridine rings is 1. The minimum atomic E-state index is 0.397. The second-order valence-electron chi connectivity index (χ2n) is 3.21. The molecule has 2 rings (SSSR count). The van der Waals surface area contributed by atoms with Crippen molar-refractivity contribution in [2.75, 3.05) is 11.5 Å². The van der Waals surface area contributed by atoms with Gasteiger partial charge in [0.1, 0.15) is 5.75 Å². The van der Waals surface area contributed by atoms with Gasteiger partial charge in [-0.05, 0) is 24.3 Å². The molecule has 0 saturated carbocycles. The molecule has 0 aliphatic rings. The number of aromatic nitrogens is 1. The first-order chi connectivity index (χ1) is 7.65. The second kappa shape index (κ2) is 4.28. The number of nitrogens with zero attached hydrogens (tertiary/aromatic N) is 1. The lowest BCUT2D eigenvalue weighted by atomic mass is 10.3. The van der Waals surface area contributed by atoms with Crippen molar-refractivity contribution >= 4 is 23.0 Å². The predicted octanol–water partition coefficient (Wildman–Crippen LogP) is 2.69. The largest absolute Gasteiger partial charge is 0.439 e. The third-order valence-corrected chi connectivity index (χ3v) is 2.23. The molecule has 4 N–H and O–H groups in total. The van der Waals surface area contributed by atoms with E-state index in [1.807, 2.05) is 0 Å². The highest BCUT2D eigenvalue weighted by Gasteiger charge is 2.01. The van der Waals surface area contributed by atoms with Crippen molar-refractivity contribution < 1.29 is 4.74 Å². The first-order valence-electron chi connectivity index (χ1n) is 4.59. The average Bonchev–Trinajstić information content (AvgIpc) is 2.27. The van der Waals surface area contributed by atoms with Crippen molar-refractivity contribution in [3.63, 3.8) is 0 Å². The SMILES string of the molecule is Nc1cnc(Oc2ccc(Cl)cc2)cc1N. The summed E-state index contributed by atoms with van der Waals surface area (Å²) in [6, 6.07) is 8.53. The number of ether oxygens (including phenoxy) is 1. The Kier molecular flexibility index (Phi) is 2.83. The smallest absolute Gasteiger partial charge is 0.221 e. The van der Waals surface area contributed by atoms with Gasteiger partial charge < -0.3 is 16.2 Å². The lowest BCUT2D eigenvalue weighted by molar-refractivity contribution is 0.463. The summed E-state index contributed by atoms with van der Waals surface area (Å²) in [5.74, 6) is 1.04. The van der Waals surface area contributed by atoms with Crippen LogP contribution < -0.4 is 16.2 Å². The number of nitrogens with two attached hydrogens (primary N) is 2. The maximum Gasteiger partial charge on any atom is 0.221 e. The molecule has 0 spiro atoms. The Morgan fingerprint density at radius 1 is 1.06 bits per heavy atom. The minimum Gasteiger partial charge on any atom is -0.439 e. The molecule has 5 heteroatoms. The highest BCUT2D eigenvalue weighted by molar-refractivity contribution is 6.30. The van der Waals surface area contributed by atoms with Crippen LogP contribution in [0.3, 0.4) is 0 Å². The van der Waals surface area contributed by atoms with Crippen LogP contribution in [-0.4, -0.2) is 4.98 Å². The van der Waals surface area contributed by atoms with Crippen LogP contribution in [0, 0.1) is 0 Å². The van der Waals surface area contributed by atoms with Crippen LogP contribution in [0.15, 0.2) is 36.5 Å². The van der Waals surface area contributed by atoms with E-state index in [0.717, 1.165) is 0 Å². The Morgan fingerprint density at radius 3 is 2.38 bits per heavy atom. The van der Waals surface area contributed by atoms with Gasteiger partial charge in [0, 0.05) is 11.1 Å². The first kappa shape index (κ1) is 10.6. The van der Waals surface area contributed by atoms with Crippen LogP contribution in [0.25, 0.3) is 0 Å². The van der Waals surface area contributed by atoms with Gasteiger partial charge in [-0.3, -0.25) is 0 Å². The number of hydrogen-bond acceptors (Lipinski definition) is 4. The van der Waals surface area contributed by atoms with E-state index in [9.17, 15) is 0 Å². The van der Waals surface area contributed by atoms with Crippen LogP contribution in [0.4, 0.5) is 11.4 Å². The second-order valence-corrected chi connectivity index (χ2v) is 3.64. The molecule has 82 valence electrons. The summed E-state index contributed by atoms with van der Waals surface area (Å²) >= 11 is 5.75. The topological polar surface area (TPSA) is 74.2 Å². The number of halogens is 1. The molecule has 0 aliphatic heterocycles. The van der Waals surface area contributed by atoms with E-state index in [-0.39, 0.29) is 0 Å². The fourth-order valence-corrected chi connectivity index (χ4v) is 1.27. The van der Waals surface area contributed by atoms with Gasteiger partial charge >= 0.3 is 0 Å². The van der Waals surface area contributed by atoms with E-state index < -0.39 is 0 Å². The molecular formula is C11H10ClN3O. The molecule has 0 atom stereocenters. The maximum absolute atomic E-state index is 5.75. The standard InChI is InChI=1S/C11H10ClN3O/c12-7-1-3-8(4-2-7)16-11-5-9(13)10(14)6-15-11/h1-6H,14H2,(H2,13,15). The number of anilines is 2. The molecule has 1 aromatic heterocycles. The Labute approximate surface area is 97.8 Å². The van der Waals surface area contributed by atoms with Gasteiger partial charge in [0.2, 0.25) is 5.88 Å². The molecule has 16 heavy (non-hydrogen) atoms. The highest BCUT2D eigenvalue weighted by atomic mass is 35.5. The van der Waals surface area contributed by atoms with Crippen molar-refractivity contribution in [3.05, 3.63) is 41.6 Å². The number of benzene rings is 1. The summed E-state index contributed by atoms with van der Waals surface area (Å²) in [6.07, 6.45) is 1.46. The molecular weight excluding hydrogens is 226 g/mol. The molecule has 0 unspecified atom stereocenters. The van der Waals surface area contributed by atoms with Gasteiger partial charge in [-0.2, -0.15) is 0 Å². The highest BCUT2D eigenvalue weighted by Crippen LogP contribution is 2.24. The van der Waals surface area contributed by atoms with Gasteiger partial charge in [-0.25, -0.2) is 4.98 Å². The van der Waals surface area contributed by atoms with E-state index in [2.05, 4.69) is 4.98 Å². The van der Waals surface area contributed by atoms with E-state index >= 15 is 0 Å². The van der Waals surface area contributed by atoms with Gasteiger partial charge in [0.25, 0.3) is 0 Å². The normalized spacial score (nSPS) is 10.1. The monoisotopic (exact) mass is 235 g/mol. The van der Waals surface area contributed by atoms with E-state index in [4.69, 9.17) is 27.8 Å². The maximum atomic E-state index is 5.75. The molecule has 0 saturated heterocycles. The van der Waals surface area contributed by atoms with Crippen molar-refractivity contribution in [1.82, 2.24) is 4.98 Å². The Morgan fingerprint density at radius 2 is 1.75 bits per heavy atom. The van der Waals surface area contributed by atoms with Gasteiger partial charge in [-0.1, -0.05) is 11.6 Å². The van der Waals surface area contributed by atoms with E-state index in [0.29, 0.717) is 28.0 Å². The zero-order valence-electron chi connectivity index (χ0n) is 8.35. The molecule has 0 radical (unpaired) electrons. The zero-order valence-corrected chi connectivity index (χ0v) is 9.11. The van der Waals surface area contributed by atoms with Crippen LogP contribution in [0.1, 0.15) is 0 Å². The summed E-state index contributed by atoms with van der Waals surface area (Å²) in [5, 5.41) is 0.650. The molecule has 4 nitrogen and oxygen atoms in total. The quantitative estimate of drug-likeness (QED) is 0.839. The third-order valence-electron chi connectivity index (χ3n) is 1.98. The minimum absolute atomic E-state index is 0.397. The summed E-state index contributed by atoms with van der Waals surface area (Å²) in [7, 11) is 0. The summed E-state index contributed by atoms with van der Waals surface area (Å²) in [5.41, 5.74) is 12.1. The van der Waals surface area contributed by atoms with Crippen LogP contribution >= 0.6 is 11.6 Å². The van der Waals surface area contributed by atoms with Gasteiger partial charge in [-0.15, -0.1) is 0 Å². The fourth-order valence-electron chi connectivity index (χ4n) is 1.14. The molecule has 0 fully saturated rings. The average molecular weight is 236 g/mol. The van der Waals surface area contributed by atoms with Crippen molar-refractivity contribution in [1.29, 1.82) is 0 Å². The van der Waals surface area contributed by atoms with E-state index in [1.165, 1.54) is 6.20 Å². The van der Waals surface area contributed by atoms with Crippen molar-refractivity contribution in [3.8, 4) is 11.6 Å². The fraction of sp³-hybridized carbons (Fsp3) is 0. The van der Waals surface area contributed by atoms with Gasteiger partial charge in [0.15, 0.2) is 0 Å². The summed E-state index contributed by atoms with van der Waals surface area (Å²) in [4.78, 5) is 4.00. The molecule has 0 amide bonds. The molecule has 1 heterocycles. The van der Waals surface area contributed by atoms with E-state index in [1.54, 1.807) is 30.3 Å². The number of nitrogen functional groups attached to an aromatic ring is 2. The molecule has 0 aliphatic carbocycles. The van der Waals surface area contributed by atoms with Crippen LogP contribution in [-0.2, 0) is 0 Å². The Hall–Kier alpha value is -1.94. The number of rotatable bonds is 2. The van der Waals surface area contributed by atoms with Gasteiger partial charge in [0.05, 0.1) is 17.6 Å². The Balaban J connectivity index is 2.20. The third kappa shape index (κ3) is 2.35. The van der Waals surface area contributed by atoms with Crippen molar-refractivity contribution in [2.24, 2.45) is 0 Å². The molecule has 0 bridgehead atoms. The zero-order chi connectivity index (χ0) is 11.5. The van der Waals surface area contributed by atoms with Crippen molar-refractivity contribution in [2.45, 2.75) is 0 Å². The van der Waals surface area contributed by atoms with Crippen LogP contribution in [0.5, 0.6) is 11.6 Å². The number of hydrogen-bond donors (Lipinski definition) is 2. The van der Waals surface area contributed by atoms with Crippen LogP contribution in [0.2, 0.25) is 5.02 Å². The molecule has 2 aromatic rings. The first-order valence-corrected chi connectivity index (χ1v) is 4.97. The Bertz CT molecular complexity index is 499. The predicted molar refractivity (Wildman–Crippen MR) is 64.6 cm³/mol. The summed E-state index contributed by atoms with van der Waals surface area (Å²) in [6.45, 7) is 0. The molecule has 1 aromatic carbocycles.